The molecule has 6 nitrogen and oxygen atoms in total. The fourth-order valence-corrected chi connectivity index (χ4v) is 3.54. The number of piperazine rings is 1. The lowest BCUT2D eigenvalue weighted by Gasteiger charge is -2.35. The number of rotatable bonds is 5. The fraction of sp³-hybridized carbons (Fsp3) is 0.667. The molecule has 0 atom stereocenters. The number of nitrogens with one attached hydrogen (secondary N) is 1. The van der Waals surface area contributed by atoms with Crippen LogP contribution in [-0.4, -0.2) is 62.2 Å². The Hall–Kier alpha value is -1.82. The molecule has 24 heavy (non-hydrogen) atoms. The van der Waals surface area contributed by atoms with Crippen molar-refractivity contribution in [3.8, 4) is 5.75 Å². The molecule has 0 aromatic carbocycles. The zero-order valence-corrected chi connectivity index (χ0v) is 14.5. The van der Waals surface area contributed by atoms with Crippen LogP contribution in [0.4, 0.5) is 5.82 Å². The number of piperidine rings is 1. The van der Waals surface area contributed by atoms with E-state index in [-0.39, 0.29) is 0 Å². The van der Waals surface area contributed by atoms with E-state index in [2.05, 4.69) is 15.2 Å². The summed E-state index contributed by atoms with van der Waals surface area (Å²) in [6, 6.07) is 3.80. The van der Waals surface area contributed by atoms with E-state index in [0.29, 0.717) is 12.3 Å². The van der Waals surface area contributed by atoms with E-state index in [0.717, 1.165) is 63.2 Å². The van der Waals surface area contributed by atoms with Crippen molar-refractivity contribution < 1.29 is 9.53 Å². The van der Waals surface area contributed by atoms with Gasteiger partial charge >= 0.3 is 0 Å². The number of carbonyl (C=O) groups is 1. The lowest BCUT2D eigenvalue weighted by molar-refractivity contribution is -0.131. The van der Waals surface area contributed by atoms with Gasteiger partial charge in [-0.25, -0.2) is 4.98 Å². The number of nitrogens with zero attached hydrogens (tertiary/aromatic N) is 3. The van der Waals surface area contributed by atoms with E-state index in [1.54, 1.807) is 13.3 Å². The van der Waals surface area contributed by atoms with E-state index in [1.165, 1.54) is 12.8 Å². The molecule has 0 bridgehead atoms. The van der Waals surface area contributed by atoms with Crippen molar-refractivity contribution >= 4 is 11.7 Å². The van der Waals surface area contributed by atoms with Crippen LogP contribution < -0.4 is 15.0 Å². The molecule has 1 aromatic rings. The first-order chi connectivity index (χ1) is 11.8. The van der Waals surface area contributed by atoms with E-state index in [1.807, 2.05) is 17.0 Å². The highest BCUT2D eigenvalue weighted by Crippen LogP contribution is 2.21. The maximum Gasteiger partial charge on any atom is 0.222 e. The van der Waals surface area contributed by atoms with Gasteiger partial charge in [-0.15, -0.1) is 0 Å². The molecular weight excluding hydrogens is 304 g/mol. The first-order valence-corrected chi connectivity index (χ1v) is 9.00. The van der Waals surface area contributed by atoms with Crippen molar-refractivity contribution in [1.82, 2.24) is 15.2 Å². The molecule has 3 heterocycles. The number of pyridine rings is 1. The number of ether oxygens (including phenoxy) is 1. The molecule has 2 aliphatic heterocycles. The second-order valence-electron chi connectivity index (χ2n) is 6.65. The Morgan fingerprint density at radius 3 is 2.75 bits per heavy atom. The van der Waals surface area contributed by atoms with Crippen LogP contribution in [0.1, 0.15) is 25.7 Å². The summed E-state index contributed by atoms with van der Waals surface area (Å²) < 4.78 is 5.26. The van der Waals surface area contributed by atoms with Gasteiger partial charge < -0.3 is 19.9 Å². The largest absolute Gasteiger partial charge is 0.497 e. The lowest BCUT2D eigenvalue weighted by Crippen LogP contribution is -2.49. The highest BCUT2D eigenvalue weighted by molar-refractivity contribution is 5.76. The Morgan fingerprint density at radius 1 is 1.29 bits per heavy atom. The normalized spacial score (nSPS) is 19.4. The van der Waals surface area contributed by atoms with E-state index in [4.69, 9.17) is 4.74 Å². The van der Waals surface area contributed by atoms with Gasteiger partial charge in [0.2, 0.25) is 5.91 Å². The quantitative estimate of drug-likeness (QED) is 0.886. The first-order valence-electron chi connectivity index (χ1n) is 9.00. The number of hydrogen-bond acceptors (Lipinski definition) is 5. The third kappa shape index (κ3) is 4.38. The average Bonchev–Trinajstić information content (AvgIpc) is 2.67. The molecule has 2 fully saturated rings. The van der Waals surface area contributed by atoms with Crippen LogP contribution in [0.5, 0.6) is 5.75 Å². The Morgan fingerprint density at radius 2 is 2.04 bits per heavy atom. The maximum atomic E-state index is 12.4. The fourth-order valence-electron chi connectivity index (χ4n) is 3.54. The molecule has 3 rings (SSSR count). The van der Waals surface area contributed by atoms with Crippen LogP contribution in [0.25, 0.3) is 0 Å². The minimum absolute atomic E-state index is 0.312. The summed E-state index contributed by atoms with van der Waals surface area (Å²) in [6.07, 6.45) is 5.93. The predicted octanol–water partition coefficient (Wildman–Crippen LogP) is 1.52. The maximum absolute atomic E-state index is 12.4. The number of aromatic nitrogens is 1. The van der Waals surface area contributed by atoms with Crippen molar-refractivity contribution in [2.45, 2.75) is 25.7 Å². The highest BCUT2D eigenvalue weighted by atomic mass is 16.5. The summed E-state index contributed by atoms with van der Waals surface area (Å²) in [5, 5.41) is 3.38. The molecule has 0 spiro atoms. The number of amides is 1. The smallest absolute Gasteiger partial charge is 0.222 e. The molecule has 1 N–H and O–H groups in total. The van der Waals surface area contributed by atoms with Crippen molar-refractivity contribution in [3.05, 3.63) is 18.3 Å². The SMILES string of the molecule is COc1ccnc(N2CCN(C(=O)CCC3CCNCC3)CC2)c1. The number of carbonyl (C=O) groups excluding carboxylic acids is 1. The molecule has 1 aromatic heterocycles. The molecule has 6 heteroatoms. The van der Waals surface area contributed by atoms with Gasteiger partial charge in [0.15, 0.2) is 0 Å². The average molecular weight is 332 g/mol. The van der Waals surface area contributed by atoms with Crippen molar-refractivity contribution in [2.24, 2.45) is 5.92 Å². The zero-order chi connectivity index (χ0) is 16.8. The minimum atomic E-state index is 0.312. The summed E-state index contributed by atoms with van der Waals surface area (Å²) in [4.78, 5) is 21.1. The van der Waals surface area contributed by atoms with Gasteiger partial charge in [-0.1, -0.05) is 0 Å². The van der Waals surface area contributed by atoms with Crippen molar-refractivity contribution in [3.63, 3.8) is 0 Å². The van der Waals surface area contributed by atoms with Crippen LogP contribution in [0.15, 0.2) is 18.3 Å². The van der Waals surface area contributed by atoms with Crippen LogP contribution in [0, 0.1) is 5.92 Å². The van der Waals surface area contributed by atoms with Crippen LogP contribution in [0.2, 0.25) is 0 Å². The zero-order valence-electron chi connectivity index (χ0n) is 14.5. The molecule has 0 unspecified atom stereocenters. The second kappa shape index (κ2) is 8.33. The Bertz CT molecular complexity index is 538. The standard InChI is InChI=1S/C18H28N4O2/c1-24-16-6-9-20-17(14-16)21-10-12-22(13-11-21)18(23)3-2-15-4-7-19-8-5-15/h6,9,14-15,19H,2-5,7-8,10-13H2,1H3. The van der Waals surface area contributed by atoms with E-state index >= 15 is 0 Å². The van der Waals surface area contributed by atoms with E-state index < -0.39 is 0 Å². The Balaban J connectivity index is 1.44. The Kier molecular flexibility index (Phi) is 5.91. The second-order valence-corrected chi connectivity index (χ2v) is 6.65. The van der Waals surface area contributed by atoms with Crippen molar-refractivity contribution in [1.29, 1.82) is 0 Å². The van der Waals surface area contributed by atoms with E-state index in [9.17, 15) is 4.79 Å². The van der Waals surface area contributed by atoms with Crippen LogP contribution >= 0.6 is 0 Å². The monoisotopic (exact) mass is 332 g/mol. The van der Waals surface area contributed by atoms with Gasteiger partial charge in [0, 0.05) is 44.9 Å². The molecule has 0 aliphatic carbocycles. The molecular formula is C18H28N4O2. The first kappa shape index (κ1) is 17.0. The lowest BCUT2D eigenvalue weighted by atomic mass is 9.93. The Labute approximate surface area is 144 Å². The number of hydrogen-bond donors (Lipinski definition) is 1. The third-order valence-corrected chi connectivity index (χ3v) is 5.13. The minimum Gasteiger partial charge on any atom is -0.497 e. The third-order valence-electron chi connectivity index (χ3n) is 5.13. The summed E-state index contributed by atoms with van der Waals surface area (Å²) in [6.45, 7) is 5.43. The van der Waals surface area contributed by atoms with Crippen LogP contribution in [-0.2, 0) is 4.79 Å². The van der Waals surface area contributed by atoms with Crippen LogP contribution in [0.3, 0.4) is 0 Å². The summed E-state index contributed by atoms with van der Waals surface area (Å²) in [5.41, 5.74) is 0. The van der Waals surface area contributed by atoms with Gasteiger partial charge in [-0.05, 0) is 44.3 Å². The highest BCUT2D eigenvalue weighted by Gasteiger charge is 2.23. The number of anilines is 1. The molecule has 0 radical (unpaired) electrons. The summed E-state index contributed by atoms with van der Waals surface area (Å²) in [5.74, 6) is 2.78. The molecule has 2 aliphatic rings. The summed E-state index contributed by atoms with van der Waals surface area (Å²) in [7, 11) is 1.66. The van der Waals surface area contributed by atoms with Crippen molar-refractivity contribution in [2.75, 3.05) is 51.3 Å². The molecule has 2 saturated heterocycles. The predicted molar refractivity (Wildman–Crippen MR) is 94.4 cm³/mol. The van der Waals surface area contributed by atoms with Gasteiger partial charge in [0.05, 0.1) is 7.11 Å². The van der Waals surface area contributed by atoms with Gasteiger partial charge in [0.25, 0.3) is 0 Å². The molecule has 132 valence electrons. The molecule has 0 saturated carbocycles. The van der Waals surface area contributed by atoms with Gasteiger partial charge in [-0.2, -0.15) is 0 Å². The van der Waals surface area contributed by atoms with Gasteiger partial charge in [0.1, 0.15) is 11.6 Å². The topological polar surface area (TPSA) is 57.7 Å². The summed E-state index contributed by atoms with van der Waals surface area (Å²) >= 11 is 0. The number of methoxy groups -OCH3 is 1. The molecule has 1 amide bonds. The van der Waals surface area contributed by atoms with Gasteiger partial charge in [-0.3, -0.25) is 4.79 Å².